The van der Waals surface area contributed by atoms with Gasteiger partial charge in [0.25, 0.3) is 0 Å². The normalized spacial score (nSPS) is 10.6. The quantitative estimate of drug-likeness (QED) is 0.303. The molecular weight excluding hydrogens is 455 g/mol. The van der Waals surface area contributed by atoms with E-state index in [0.717, 1.165) is 11.1 Å². The van der Waals surface area contributed by atoms with Crippen molar-refractivity contribution in [2.75, 3.05) is 19.0 Å². The van der Waals surface area contributed by atoms with Crippen molar-refractivity contribution in [3.05, 3.63) is 84.2 Å². The number of nitrogens with one attached hydrogen (secondary N) is 1. The van der Waals surface area contributed by atoms with Gasteiger partial charge >= 0.3 is 6.09 Å². The molecule has 6 nitrogen and oxygen atoms in total. The van der Waals surface area contributed by atoms with Gasteiger partial charge in [-0.1, -0.05) is 59.9 Å². The molecule has 0 unspecified atom stereocenters. The van der Waals surface area contributed by atoms with Gasteiger partial charge in [-0.25, -0.2) is 14.2 Å². The Morgan fingerprint density at radius 2 is 1.76 bits per heavy atom. The monoisotopic (exact) mass is 478 g/mol. The Morgan fingerprint density at radius 3 is 2.50 bits per heavy atom. The van der Waals surface area contributed by atoms with E-state index in [1.165, 1.54) is 17.4 Å². The van der Waals surface area contributed by atoms with Gasteiger partial charge in [-0.3, -0.25) is 5.32 Å². The van der Waals surface area contributed by atoms with Crippen molar-refractivity contribution in [3.8, 4) is 33.3 Å². The van der Waals surface area contributed by atoms with Crippen LogP contribution in [-0.2, 0) is 11.3 Å². The van der Waals surface area contributed by atoms with E-state index in [2.05, 4.69) is 5.32 Å². The summed E-state index contributed by atoms with van der Waals surface area (Å²) in [7, 11) is 1.54. The lowest BCUT2D eigenvalue weighted by Crippen LogP contribution is -2.12. The number of amides is 1. The molecule has 0 aliphatic carbocycles. The van der Waals surface area contributed by atoms with Gasteiger partial charge in [-0.2, -0.15) is 0 Å². The molecule has 4 aromatic rings. The van der Waals surface area contributed by atoms with Gasteiger partial charge in [0.05, 0.1) is 13.7 Å². The molecule has 0 saturated carbocycles. The van der Waals surface area contributed by atoms with Crippen molar-refractivity contribution < 1.29 is 23.4 Å². The Hall–Kier alpha value is -3.91. The zero-order valence-corrected chi connectivity index (χ0v) is 19.5. The highest BCUT2D eigenvalue weighted by atomic mass is 32.1. The third-order valence-electron chi connectivity index (χ3n) is 4.92. The molecule has 0 spiro atoms. The van der Waals surface area contributed by atoms with Crippen LogP contribution in [0.1, 0.15) is 12.5 Å². The minimum absolute atomic E-state index is 0.0748. The molecule has 3 aromatic carbocycles. The molecule has 0 radical (unpaired) electrons. The summed E-state index contributed by atoms with van der Waals surface area (Å²) in [4.78, 5) is 16.9. The zero-order valence-electron chi connectivity index (χ0n) is 18.7. The van der Waals surface area contributed by atoms with E-state index in [1.54, 1.807) is 44.4 Å². The minimum atomic E-state index is -0.538. The molecule has 0 bridgehead atoms. The van der Waals surface area contributed by atoms with Crippen molar-refractivity contribution in [2.45, 2.75) is 13.5 Å². The maximum Gasteiger partial charge on any atom is 0.412 e. The van der Waals surface area contributed by atoms with Gasteiger partial charge in [0.2, 0.25) is 0 Å². The summed E-state index contributed by atoms with van der Waals surface area (Å²) in [6.07, 6.45) is -0.538. The highest BCUT2D eigenvalue weighted by Crippen LogP contribution is 2.40. The molecule has 0 fully saturated rings. The van der Waals surface area contributed by atoms with E-state index in [4.69, 9.17) is 19.2 Å². The van der Waals surface area contributed by atoms with Crippen LogP contribution in [0.3, 0.4) is 0 Å². The second-order valence-electron chi connectivity index (χ2n) is 7.15. The van der Waals surface area contributed by atoms with Gasteiger partial charge in [0.15, 0.2) is 11.5 Å². The summed E-state index contributed by atoms with van der Waals surface area (Å²) in [5.41, 5.74) is 2.76. The number of hydrogen-bond acceptors (Lipinski definition) is 6. The second-order valence-corrected chi connectivity index (χ2v) is 8.15. The number of methoxy groups -OCH3 is 1. The molecule has 174 valence electrons. The molecular formula is C26H23FN2O4S. The Labute approximate surface area is 201 Å². The molecule has 1 N–H and O–H groups in total. The molecule has 1 heterocycles. The summed E-state index contributed by atoms with van der Waals surface area (Å²) in [5, 5.41) is 4.05. The number of hydrogen-bond donors (Lipinski definition) is 1. The largest absolute Gasteiger partial charge is 0.493 e. The maximum absolute atomic E-state index is 13.9. The van der Waals surface area contributed by atoms with Crippen LogP contribution in [0.4, 0.5) is 14.2 Å². The SMILES string of the molecule is CCOC(=O)Nc1sc(-c2ccc(OCc3ccccc3F)c(OC)c2)nc1-c1ccccc1. The van der Waals surface area contributed by atoms with Crippen LogP contribution in [0.2, 0.25) is 0 Å². The van der Waals surface area contributed by atoms with E-state index in [9.17, 15) is 9.18 Å². The summed E-state index contributed by atoms with van der Waals surface area (Å²) < 4.78 is 30.3. The first-order valence-corrected chi connectivity index (χ1v) is 11.4. The lowest BCUT2D eigenvalue weighted by molar-refractivity contribution is 0.168. The fourth-order valence-electron chi connectivity index (χ4n) is 3.27. The first-order chi connectivity index (χ1) is 16.6. The van der Waals surface area contributed by atoms with E-state index >= 15 is 0 Å². The van der Waals surface area contributed by atoms with E-state index in [1.807, 2.05) is 36.4 Å². The van der Waals surface area contributed by atoms with Gasteiger partial charge in [0, 0.05) is 16.7 Å². The fourth-order valence-corrected chi connectivity index (χ4v) is 4.24. The number of aromatic nitrogens is 1. The summed E-state index contributed by atoms with van der Waals surface area (Å²) >= 11 is 1.33. The van der Waals surface area contributed by atoms with Crippen LogP contribution < -0.4 is 14.8 Å². The van der Waals surface area contributed by atoms with E-state index < -0.39 is 6.09 Å². The number of carbonyl (C=O) groups excluding carboxylic acids is 1. The number of carbonyl (C=O) groups is 1. The molecule has 1 amide bonds. The summed E-state index contributed by atoms with van der Waals surface area (Å²) in [6, 6.07) is 21.5. The van der Waals surface area contributed by atoms with Crippen molar-refractivity contribution in [1.29, 1.82) is 0 Å². The highest BCUT2D eigenvalue weighted by molar-refractivity contribution is 7.19. The number of thiazole rings is 1. The Morgan fingerprint density at radius 1 is 1.00 bits per heavy atom. The molecule has 8 heteroatoms. The van der Waals surface area contributed by atoms with Gasteiger partial charge < -0.3 is 14.2 Å². The zero-order chi connectivity index (χ0) is 23.9. The van der Waals surface area contributed by atoms with E-state index in [-0.39, 0.29) is 19.0 Å². The van der Waals surface area contributed by atoms with Crippen LogP contribution in [0.5, 0.6) is 11.5 Å². The Kier molecular flexibility index (Phi) is 7.39. The van der Waals surface area contributed by atoms with Crippen molar-refractivity contribution in [1.82, 2.24) is 4.98 Å². The third kappa shape index (κ3) is 5.35. The van der Waals surface area contributed by atoms with Crippen LogP contribution in [-0.4, -0.2) is 24.8 Å². The predicted molar refractivity (Wildman–Crippen MR) is 131 cm³/mol. The number of benzene rings is 3. The van der Waals surface area contributed by atoms with Crippen LogP contribution in [0.25, 0.3) is 21.8 Å². The Bertz CT molecular complexity index is 1280. The van der Waals surface area contributed by atoms with Crippen molar-refractivity contribution in [3.63, 3.8) is 0 Å². The number of nitrogens with zero attached hydrogens (tertiary/aromatic N) is 1. The lowest BCUT2D eigenvalue weighted by atomic mass is 10.1. The number of anilines is 1. The predicted octanol–water partition coefficient (Wildman–Crippen LogP) is 6.77. The summed E-state index contributed by atoms with van der Waals surface area (Å²) in [6.45, 7) is 2.09. The van der Waals surface area contributed by atoms with E-state index in [0.29, 0.717) is 32.8 Å². The van der Waals surface area contributed by atoms with Crippen LogP contribution in [0, 0.1) is 5.82 Å². The van der Waals surface area contributed by atoms with Crippen molar-refractivity contribution in [2.24, 2.45) is 0 Å². The molecule has 0 aliphatic rings. The van der Waals surface area contributed by atoms with Crippen LogP contribution in [0.15, 0.2) is 72.8 Å². The number of rotatable bonds is 8. The van der Waals surface area contributed by atoms with Crippen LogP contribution >= 0.6 is 11.3 Å². The molecule has 34 heavy (non-hydrogen) atoms. The maximum atomic E-state index is 13.9. The molecule has 0 saturated heterocycles. The first kappa shape index (κ1) is 23.3. The molecule has 4 rings (SSSR count). The fraction of sp³-hybridized carbons (Fsp3) is 0.154. The smallest absolute Gasteiger partial charge is 0.412 e. The molecule has 0 aliphatic heterocycles. The minimum Gasteiger partial charge on any atom is -0.493 e. The highest BCUT2D eigenvalue weighted by Gasteiger charge is 2.18. The Balaban J connectivity index is 1.63. The van der Waals surface area contributed by atoms with Gasteiger partial charge in [0.1, 0.15) is 28.1 Å². The first-order valence-electron chi connectivity index (χ1n) is 10.6. The topological polar surface area (TPSA) is 69.7 Å². The van der Waals surface area contributed by atoms with Gasteiger partial charge in [-0.05, 0) is 31.2 Å². The van der Waals surface area contributed by atoms with Gasteiger partial charge in [-0.15, -0.1) is 0 Å². The van der Waals surface area contributed by atoms with Crippen molar-refractivity contribution >= 4 is 22.4 Å². The molecule has 0 atom stereocenters. The average Bonchev–Trinajstić information content (AvgIpc) is 3.27. The lowest BCUT2D eigenvalue weighted by Gasteiger charge is -2.12. The number of ether oxygens (including phenoxy) is 3. The average molecular weight is 479 g/mol. The molecule has 1 aromatic heterocycles. The summed E-state index contributed by atoms with van der Waals surface area (Å²) in [5.74, 6) is 0.653. The number of halogens is 1. The second kappa shape index (κ2) is 10.8. The standard InChI is InChI=1S/C26H23FN2O4S/c1-3-32-26(30)29-25-23(17-9-5-4-6-10-17)28-24(34-25)18-13-14-21(22(15-18)31-2)33-16-19-11-7-8-12-20(19)27/h4-15H,3,16H2,1-2H3,(H,29,30). The third-order valence-corrected chi connectivity index (χ3v) is 5.94.